The maximum absolute atomic E-state index is 13.2. The highest BCUT2D eigenvalue weighted by Gasteiger charge is 2.46. The second-order valence-electron chi connectivity index (χ2n) is 8.07. The van der Waals surface area contributed by atoms with Gasteiger partial charge in [-0.1, -0.05) is 49.2 Å². The first kappa shape index (κ1) is 23.5. The number of Topliss-reactive ketones (excluding diaryl/α,β-unsaturated/α-hetero) is 1. The number of ketones is 1. The Hall–Kier alpha value is -3.64. The van der Waals surface area contributed by atoms with Crippen LogP contribution in [0.5, 0.6) is 5.75 Å². The number of likely N-dealkylation sites (tertiary alicyclic amines) is 1. The number of carbonyl (C=O) groups excluding carboxylic acids is 2. The molecule has 0 aliphatic carbocycles. The van der Waals surface area contributed by atoms with E-state index in [0.717, 1.165) is 18.4 Å². The average Bonchev–Trinajstić information content (AvgIpc) is 3.09. The lowest BCUT2D eigenvalue weighted by atomic mass is 9.95. The Morgan fingerprint density at radius 1 is 1.09 bits per heavy atom. The molecule has 1 amide bonds. The van der Waals surface area contributed by atoms with Crippen molar-refractivity contribution in [3.8, 4) is 5.75 Å². The van der Waals surface area contributed by atoms with Gasteiger partial charge in [0.25, 0.3) is 11.7 Å². The Morgan fingerprint density at radius 2 is 1.85 bits per heavy atom. The molecule has 0 saturated carbocycles. The van der Waals surface area contributed by atoms with Crippen molar-refractivity contribution in [2.45, 2.75) is 32.4 Å². The molecule has 0 bridgehead atoms. The van der Waals surface area contributed by atoms with E-state index in [9.17, 15) is 14.7 Å². The molecule has 0 radical (unpaired) electrons. The van der Waals surface area contributed by atoms with E-state index >= 15 is 0 Å². The van der Waals surface area contributed by atoms with Gasteiger partial charge in [0.2, 0.25) is 0 Å². The Kier molecular flexibility index (Phi) is 7.28. The lowest BCUT2D eigenvalue weighted by molar-refractivity contribution is -0.140. The predicted octanol–water partition coefficient (Wildman–Crippen LogP) is 5.54. The summed E-state index contributed by atoms with van der Waals surface area (Å²) in [5, 5.41) is 11.7. The van der Waals surface area contributed by atoms with E-state index in [1.807, 2.05) is 0 Å². The molecule has 1 N–H and O–H groups in total. The van der Waals surface area contributed by atoms with Crippen LogP contribution in [-0.2, 0) is 16.1 Å². The van der Waals surface area contributed by atoms with Gasteiger partial charge in [-0.2, -0.15) is 0 Å². The fourth-order valence-electron chi connectivity index (χ4n) is 3.97. The molecule has 174 valence electrons. The first-order valence-corrected chi connectivity index (χ1v) is 11.5. The average molecular weight is 477 g/mol. The zero-order chi connectivity index (χ0) is 24.1. The van der Waals surface area contributed by atoms with Crippen molar-refractivity contribution in [3.05, 3.63) is 100 Å². The summed E-state index contributed by atoms with van der Waals surface area (Å²) >= 11 is 6.24. The maximum Gasteiger partial charge on any atom is 0.295 e. The molecule has 3 aromatic rings. The van der Waals surface area contributed by atoms with Crippen LogP contribution in [0.1, 0.15) is 42.5 Å². The van der Waals surface area contributed by atoms with Crippen molar-refractivity contribution in [3.63, 3.8) is 0 Å². The first-order valence-electron chi connectivity index (χ1n) is 11.2. The van der Waals surface area contributed by atoms with Gasteiger partial charge in [0.1, 0.15) is 11.5 Å². The van der Waals surface area contributed by atoms with Crippen LogP contribution >= 0.6 is 11.6 Å². The number of halogens is 1. The second-order valence-corrected chi connectivity index (χ2v) is 8.50. The molecular weight excluding hydrogens is 452 g/mol. The van der Waals surface area contributed by atoms with Crippen LogP contribution < -0.4 is 4.74 Å². The number of ether oxygens (including phenoxy) is 1. The number of amides is 1. The number of aliphatic hydroxyl groups is 1. The Labute approximate surface area is 203 Å². The number of rotatable bonds is 8. The van der Waals surface area contributed by atoms with Gasteiger partial charge in [-0.15, -0.1) is 0 Å². The van der Waals surface area contributed by atoms with E-state index in [0.29, 0.717) is 28.5 Å². The third kappa shape index (κ3) is 4.97. The van der Waals surface area contributed by atoms with E-state index in [1.54, 1.807) is 73.1 Å². The minimum Gasteiger partial charge on any atom is -0.507 e. The van der Waals surface area contributed by atoms with Crippen LogP contribution in [-0.4, -0.2) is 33.3 Å². The number of benzene rings is 2. The summed E-state index contributed by atoms with van der Waals surface area (Å²) in [6.07, 6.45) is 5.17. The summed E-state index contributed by atoms with van der Waals surface area (Å²) in [4.78, 5) is 31.8. The van der Waals surface area contributed by atoms with Crippen molar-refractivity contribution in [2.24, 2.45) is 0 Å². The SMILES string of the molecule is CCCCOc1cccc(C(O)=C2C(=O)C(=O)N(Cc3ccncc3)C2c2cccc(Cl)c2)c1. The number of hydrogen-bond donors (Lipinski definition) is 1. The van der Waals surface area contributed by atoms with E-state index < -0.39 is 17.7 Å². The molecule has 1 aliphatic heterocycles. The summed E-state index contributed by atoms with van der Waals surface area (Å²) in [6.45, 7) is 2.81. The largest absolute Gasteiger partial charge is 0.507 e. The zero-order valence-electron chi connectivity index (χ0n) is 18.8. The lowest BCUT2D eigenvalue weighted by Crippen LogP contribution is -2.29. The Bertz CT molecular complexity index is 1230. The number of aromatic nitrogens is 1. The second kappa shape index (κ2) is 10.5. The van der Waals surface area contributed by atoms with Crippen molar-refractivity contribution in [2.75, 3.05) is 6.61 Å². The van der Waals surface area contributed by atoms with Crippen LogP contribution in [0.3, 0.4) is 0 Å². The Balaban J connectivity index is 1.79. The van der Waals surface area contributed by atoms with Gasteiger partial charge < -0.3 is 14.7 Å². The molecule has 1 saturated heterocycles. The number of unbranched alkanes of at least 4 members (excludes halogenated alkanes) is 1. The normalized spacial score (nSPS) is 17.2. The van der Waals surface area contributed by atoms with Gasteiger partial charge in [0, 0.05) is 29.5 Å². The van der Waals surface area contributed by atoms with Crippen LogP contribution in [0.25, 0.3) is 5.76 Å². The molecule has 1 atom stereocenters. The summed E-state index contributed by atoms with van der Waals surface area (Å²) in [6, 6.07) is 16.6. The van der Waals surface area contributed by atoms with E-state index in [2.05, 4.69) is 11.9 Å². The monoisotopic (exact) mass is 476 g/mol. The van der Waals surface area contributed by atoms with Gasteiger partial charge in [0.15, 0.2) is 0 Å². The number of carbonyl (C=O) groups is 2. The number of nitrogens with zero attached hydrogens (tertiary/aromatic N) is 2. The highest BCUT2D eigenvalue weighted by molar-refractivity contribution is 6.46. The van der Waals surface area contributed by atoms with Gasteiger partial charge >= 0.3 is 0 Å². The highest BCUT2D eigenvalue weighted by atomic mass is 35.5. The molecule has 2 heterocycles. The summed E-state index contributed by atoms with van der Waals surface area (Å²) < 4.78 is 5.76. The third-order valence-electron chi connectivity index (χ3n) is 5.68. The zero-order valence-corrected chi connectivity index (χ0v) is 19.5. The maximum atomic E-state index is 13.2. The molecule has 1 fully saturated rings. The number of pyridine rings is 1. The van der Waals surface area contributed by atoms with Crippen molar-refractivity contribution >= 4 is 29.1 Å². The summed E-state index contributed by atoms with van der Waals surface area (Å²) in [5.74, 6) is -1.09. The quantitative estimate of drug-likeness (QED) is 0.200. The molecule has 1 unspecified atom stereocenters. The molecular formula is C27H25ClN2O4. The van der Waals surface area contributed by atoms with Crippen LogP contribution in [0, 0.1) is 0 Å². The Morgan fingerprint density at radius 3 is 2.59 bits per heavy atom. The third-order valence-corrected chi connectivity index (χ3v) is 5.92. The van der Waals surface area contributed by atoms with Gasteiger partial charge in [-0.3, -0.25) is 14.6 Å². The molecule has 1 aromatic heterocycles. The van der Waals surface area contributed by atoms with Crippen LogP contribution in [0.15, 0.2) is 78.6 Å². The number of hydrogen-bond acceptors (Lipinski definition) is 5. The van der Waals surface area contributed by atoms with Gasteiger partial charge in [0.05, 0.1) is 18.2 Å². The topological polar surface area (TPSA) is 79.7 Å². The number of aliphatic hydroxyl groups excluding tert-OH is 1. The summed E-state index contributed by atoms with van der Waals surface area (Å²) in [7, 11) is 0. The first-order chi connectivity index (χ1) is 16.5. The van der Waals surface area contributed by atoms with E-state index in [1.165, 1.54) is 4.90 Å². The fraction of sp³-hybridized carbons (Fsp3) is 0.222. The predicted molar refractivity (Wildman–Crippen MR) is 130 cm³/mol. The molecule has 4 rings (SSSR count). The molecule has 2 aromatic carbocycles. The van der Waals surface area contributed by atoms with Crippen molar-refractivity contribution < 1.29 is 19.4 Å². The summed E-state index contributed by atoms with van der Waals surface area (Å²) in [5.41, 5.74) is 1.88. The standard InChI is InChI=1S/C27H25ClN2O4/c1-2-3-14-34-22-9-5-7-20(16-22)25(31)23-24(19-6-4-8-21(28)15-19)30(27(33)26(23)32)17-18-10-12-29-13-11-18/h4-13,15-16,24,31H,2-3,14,17H2,1H3. The van der Waals surface area contributed by atoms with Crippen LogP contribution in [0.2, 0.25) is 5.02 Å². The molecule has 6 nitrogen and oxygen atoms in total. The molecule has 0 spiro atoms. The smallest absolute Gasteiger partial charge is 0.295 e. The van der Waals surface area contributed by atoms with Gasteiger partial charge in [-0.25, -0.2) is 0 Å². The van der Waals surface area contributed by atoms with E-state index in [4.69, 9.17) is 16.3 Å². The van der Waals surface area contributed by atoms with Gasteiger partial charge in [-0.05, 0) is 53.9 Å². The minimum atomic E-state index is -0.795. The van der Waals surface area contributed by atoms with Crippen molar-refractivity contribution in [1.29, 1.82) is 0 Å². The molecule has 1 aliphatic rings. The lowest BCUT2D eigenvalue weighted by Gasteiger charge is -2.25. The minimum absolute atomic E-state index is 0.0204. The van der Waals surface area contributed by atoms with E-state index in [-0.39, 0.29) is 17.9 Å². The molecule has 34 heavy (non-hydrogen) atoms. The fourth-order valence-corrected chi connectivity index (χ4v) is 4.17. The highest BCUT2D eigenvalue weighted by Crippen LogP contribution is 2.41. The van der Waals surface area contributed by atoms with Crippen LogP contribution in [0.4, 0.5) is 0 Å². The van der Waals surface area contributed by atoms with Crippen molar-refractivity contribution in [1.82, 2.24) is 9.88 Å². The molecule has 7 heteroatoms.